The lowest BCUT2D eigenvalue weighted by molar-refractivity contribution is -0.119. The number of rotatable bonds is 5. The number of hydrogen-bond donors (Lipinski definition) is 0. The maximum absolute atomic E-state index is 12.4. The summed E-state index contributed by atoms with van der Waals surface area (Å²) in [6.07, 6.45) is 1.24. The van der Waals surface area contributed by atoms with E-state index in [0.29, 0.717) is 12.3 Å². The van der Waals surface area contributed by atoms with Crippen molar-refractivity contribution in [2.45, 2.75) is 38.6 Å². The van der Waals surface area contributed by atoms with Gasteiger partial charge in [-0.25, -0.2) is 0 Å². The van der Waals surface area contributed by atoms with E-state index < -0.39 is 0 Å². The fraction of sp³-hybridized carbons (Fsp3) is 0.259. The molecule has 1 aliphatic heterocycles. The number of carbonyl (C=O) groups excluding carboxylic acids is 1. The van der Waals surface area contributed by atoms with Crippen molar-refractivity contribution in [2.24, 2.45) is 4.99 Å². The van der Waals surface area contributed by atoms with Crippen LogP contribution in [-0.2, 0) is 11.2 Å². The molecule has 3 heteroatoms. The summed E-state index contributed by atoms with van der Waals surface area (Å²) < 4.78 is 0. The van der Waals surface area contributed by atoms with Gasteiger partial charge >= 0.3 is 0 Å². The van der Waals surface area contributed by atoms with Gasteiger partial charge in [0.1, 0.15) is 5.84 Å². The zero-order valence-corrected chi connectivity index (χ0v) is 17.9. The summed E-state index contributed by atoms with van der Waals surface area (Å²) in [6.45, 7) is 4.43. The highest BCUT2D eigenvalue weighted by molar-refractivity contribution is 6.06. The van der Waals surface area contributed by atoms with E-state index in [4.69, 9.17) is 0 Å². The van der Waals surface area contributed by atoms with Gasteiger partial charge < -0.3 is 4.90 Å². The minimum atomic E-state index is -0.0456. The smallest absolute Gasteiger partial charge is 0.249 e. The number of amidine groups is 1. The number of benzene rings is 3. The van der Waals surface area contributed by atoms with Crippen LogP contribution in [0.5, 0.6) is 0 Å². The van der Waals surface area contributed by atoms with Gasteiger partial charge in [0, 0.05) is 25.1 Å². The van der Waals surface area contributed by atoms with Gasteiger partial charge in [0.25, 0.3) is 0 Å². The number of carbonyl (C=O) groups is 1. The molecular weight excluding hydrogens is 368 g/mol. The van der Waals surface area contributed by atoms with Crippen LogP contribution in [0.3, 0.4) is 0 Å². The molecule has 1 atom stereocenters. The average Bonchev–Trinajstić information content (AvgIpc) is 2.77. The molecule has 3 aromatic rings. The lowest BCUT2D eigenvalue weighted by Crippen LogP contribution is -2.44. The zero-order chi connectivity index (χ0) is 21.1. The largest absolute Gasteiger partial charge is 0.355 e. The molecule has 0 N–H and O–H groups in total. The Kier molecular flexibility index (Phi) is 5.80. The SMILES string of the molecule is CC(C)c1ccc(-c2ccccc2CC2CC(=O)N=C(c3ccccc3)N2C)cc1. The summed E-state index contributed by atoms with van der Waals surface area (Å²) in [5, 5.41) is 0. The van der Waals surface area contributed by atoms with Crippen molar-refractivity contribution in [3.63, 3.8) is 0 Å². The first-order valence-corrected chi connectivity index (χ1v) is 10.6. The number of likely N-dealkylation sites (N-methyl/N-ethyl adjacent to an activating group) is 1. The lowest BCUT2D eigenvalue weighted by atomic mass is 9.91. The zero-order valence-electron chi connectivity index (χ0n) is 17.9. The average molecular weight is 397 g/mol. The number of amides is 1. The molecule has 4 rings (SSSR count). The molecule has 0 saturated heterocycles. The highest BCUT2D eigenvalue weighted by Crippen LogP contribution is 2.29. The Morgan fingerprint density at radius 2 is 1.57 bits per heavy atom. The highest BCUT2D eigenvalue weighted by atomic mass is 16.1. The van der Waals surface area contributed by atoms with Crippen molar-refractivity contribution < 1.29 is 4.79 Å². The normalized spacial score (nSPS) is 16.7. The summed E-state index contributed by atoms with van der Waals surface area (Å²) in [6, 6.07) is 27.4. The van der Waals surface area contributed by atoms with Crippen LogP contribution in [0, 0.1) is 0 Å². The van der Waals surface area contributed by atoms with Crippen LogP contribution in [0.15, 0.2) is 83.9 Å². The molecule has 30 heavy (non-hydrogen) atoms. The second-order valence-corrected chi connectivity index (χ2v) is 8.30. The van der Waals surface area contributed by atoms with Gasteiger partial charge in [-0.2, -0.15) is 4.99 Å². The summed E-state index contributed by atoms with van der Waals surface area (Å²) in [5.74, 6) is 1.23. The molecule has 1 amide bonds. The molecule has 0 radical (unpaired) electrons. The Morgan fingerprint density at radius 1 is 0.900 bits per heavy atom. The van der Waals surface area contributed by atoms with Crippen molar-refractivity contribution in [2.75, 3.05) is 7.05 Å². The van der Waals surface area contributed by atoms with Crippen LogP contribution >= 0.6 is 0 Å². The molecule has 0 saturated carbocycles. The molecule has 0 fully saturated rings. The van der Waals surface area contributed by atoms with E-state index in [2.05, 4.69) is 72.3 Å². The summed E-state index contributed by atoms with van der Waals surface area (Å²) in [4.78, 5) is 18.9. The van der Waals surface area contributed by atoms with E-state index in [1.165, 1.54) is 22.3 Å². The Morgan fingerprint density at radius 3 is 2.27 bits per heavy atom. The van der Waals surface area contributed by atoms with Crippen molar-refractivity contribution in [3.8, 4) is 11.1 Å². The predicted molar refractivity (Wildman–Crippen MR) is 124 cm³/mol. The minimum Gasteiger partial charge on any atom is -0.355 e. The van der Waals surface area contributed by atoms with E-state index in [0.717, 1.165) is 17.8 Å². The van der Waals surface area contributed by atoms with Crippen LogP contribution < -0.4 is 0 Å². The topological polar surface area (TPSA) is 32.7 Å². The first-order chi connectivity index (χ1) is 14.5. The number of hydrogen-bond acceptors (Lipinski definition) is 2. The van der Waals surface area contributed by atoms with E-state index in [9.17, 15) is 4.79 Å². The molecule has 3 nitrogen and oxygen atoms in total. The third kappa shape index (κ3) is 4.20. The van der Waals surface area contributed by atoms with Crippen molar-refractivity contribution in [1.29, 1.82) is 0 Å². The van der Waals surface area contributed by atoms with E-state index in [1.54, 1.807) is 0 Å². The molecule has 1 heterocycles. The Hall–Kier alpha value is -3.20. The molecule has 1 aliphatic rings. The van der Waals surface area contributed by atoms with Gasteiger partial charge in [0.05, 0.1) is 0 Å². The maximum Gasteiger partial charge on any atom is 0.249 e. The number of aliphatic imine (C=N–C) groups is 1. The van der Waals surface area contributed by atoms with Crippen LogP contribution in [0.1, 0.15) is 42.9 Å². The van der Waals surface area contributed by atoms with Crippen molar-refractivity contribution in [3.05, 3.63) is 95.6 Å². The molecule has 1 unspecified atom stereocenters. The molecule has 0 aliphatic carbocycles. The van der Waals surface area contributed by atoms with Crippen LogP contribution in [0.25, 0.3) is 11.1 Å². The quantitative estimate of drug-likeness (QED) is 0.554. The van der Waals surface area contributed by atoms with Crippen LogP contribution in [-0.4, -0.2) is 29.7 Å². The van der Waals surface area contributed by atoms with E-state index >= 15 is 0 Å². The van der Waals surface area contributed by atoms with E-state index in [-0.39, 0.29) is 11.9 Å². The third-order valence-corrected chi connectivity index (χ3v) is 5.92. The fourth-order valence-electron chi connectivity index (χ4n) is 4.10. The van der Waals surface area contributed by atoms with Gasteiger partial charge in [0.15, 0.2) is 0 Å². The Balaban J connectivity index is 1.62. The first kappa shape index (κ1) is 20.1. The summed E-state index contributed by atoms with van der Waals surface area (Å²) >= 11 is 0. The molecule has 152 valence electrons. The second-order valence-electron chi connectivity index (χ2n) is 8.30. The lowest BCUT2D eigenvalue weighted by Gasteiger charge is -2.34. The molecule has 0 bridgehead atoms. The van der Waals surface area contributed by atoms with Crippen LogP contribution in [0.4, 0.5) is 0 Å². The van der Waals surface area contributed by atoms with Gasteiger partial charge in [0.2, 0.25) is 5.91 Å². The van der Waals surface area contributed by atoms with Crippen LogP contribution in [0.2, 0.25) is 0 Å². The maximum atomic E-state index is 12.4. The van der Waals surface area contributed by atoms with Crippen molar-refractivity contribution in [1.82, 2.24) is 4.90 Å². The Bertz CT molecular complexity index is 1050. The number of nitrogens with zero attached hydrogens (tertiary/aromatic N) is 2. The van der Waals surface area contributed by atoms with Crippen molar-refractivity contribution >= 4 is 11.7 Å². The molecule has 0 spiro atoms. The van der Waals surface area contributed by atoms with Gasteiger partial charge in [-0.3, -0.25) is 4.79 Å². The molecular formula is C27H28N2O. The van der Waals surface area contributed by atoms with E-state index in [1.807, 2.05) is 37.4 Å². The second kappa shape index (κ2) is 8.66. The highest BCUT2D eigenvalue weighted by Gasteiger charge is 2.28. The Labute approximate surface area is 179 Å². The third-order valence-electron chi connectivity index (χ3n) is 5.92. The summed E-state index contributed by atoms with van der Waals surface area (Å²) in [7, 11) is 2.04. The molecule has 0 aromatic heterocycles. The van der Waals surface area contributed by atoms with Gasteiger partial charge in [-0.05, 0) is 34.6 Å². The monoisotopic (exact) mass is 396 g/mol. The minimum absolute atomic E-state index is 0.0456. The van der Waals surface area contributed by atoms with Gasteiger partial charge in [-0.1, -0.05) is 92.7 Å². The predicted octanol–water partition coefficient (Wildman–Crippen LogP) is 5.70. The summed E-state index contributed by atoms with van der Waals surface area (Å²) in [5.41, 5.74) is 6.04. The first-order valence-electron chi connectivity index (χ1n) is 10.6. The standard InChI is InChI=1S/C27H28N2O/c1-19(2)20-13-15-21(16-14-20)25-12-8-7-11-23(25)17-24-18-26(30)28-27(29(24)3)22-9-5-4-6-10-22/h4-16,19,24H,17-18H2,1-3H3. The van der Waals surface area contributed by atoms with Gasteiger partial charge in [-0.15, -0.1) is 0 Å². The molecule has 3 aromatic carbocycles. The fourth-order valence-corrected chi connectivity index (χ4v) is 4.10.